The van der Waals surface area contributed by atoms with E-state index >= 15 is 0 Å². The Morgan fingerprint density at radius 1 is 1.37 bits per heavy atom. The van der Waals surface area contributed by atoms with E-state index in [0.717, 1.165) is 29.9 Å². The molecule has 0 aromatic heterocycles. The van der Waals surface area contributed by atoms with Gasteiger partial charge in [0, 0.05) is 13.1 Å². The normalized spacial score (nSPS) is 13.1. The van der Waals surface area contributed by atoms with Crippen LogP contribution in [0.25, 0.3) is 0 Å². The molecule has 0 aliphatic carbocycles. The Kier molecular flexibility index (Phi) is 6.83. The van der Waals surface area contributed by atoms with E-state index < -0.39 is 0 Å². The van der Waals surface area contributed by atoms with Crippen molar-refractivity contribution in [2.24, 2.45) is 17.6 Å². The Morgan fingerprint density at radius 2 is 2.05 bits per heavy atom. The number of methoxy groups -OCH3 is 1. The van der Waals surface area contributed by atoms with Crippen LogP contribution in [-0.4, -0.2) is 32.1 Å². The highest BCUT2D eigenvalue weighted by molar-refractivity contribution is 9.10. The summed E-state index contributed by atoms with van der Waals surface area (Å²) in [6.07, 6.45) is 0. The molecule has 4 heteroatoms. The third kappa shape index (κ3) is 5.13. The second-order valence-corrected chi connectivity index (χ2v) is 6.26. The lowest BCUT2D eigenvalue weighted by molar-refractivity contribution is 0.234. The number of hydrogen-bond acceptors (Lipinski definition) is 3. The second kappa shape index (κ2) is 7.88. The molecule has 2 N–H and O–H groups in total. The summed E-state index contributed by atoms with van der Waals surface area (Å²) in [6, 6.07) is 6.21. The maximum Gasteiger partial charge on any atom is 0.133 e. The van der Waals surface area contributed by atoms with E-state index in [2.05, 4.69) is 53.9 Å². The zero-order valence-corrected chi connectivity index (χ0v) is 13.9. The van der Waals surface area contributed by atoms with E-state index in [0.29, 0.717) is 11.8 Å². The minimum absolute atomic E-state index is 0.548. The van der Waals surface area contributed by atoms with Crippen LogP contribution in [0, 0.1) is 11.8 Å². The Hall–Kier alpha value is -0.580. The van der Waals surface area contributed by atoms with Crippen LogP contribution in [0.15, 0.2) is 22.7 Å². The summed E-state index contributed by atoms with van der Waals surface area (Å²) in [4.78, 5) is 2.33. The number of ether oxygens (including phenoxy) is 1. The number of nitrogens with zero attached hydrogens (tertiary/aromatic N) is 1. The zero-order valence-electron chi connectivity index (χ0n) is 12.3. The minimum Gasteiger partial charge on any atom is -0.496 e. The van der Waals surface area contributed by atoms with Crippen LogP contribution >= 0.6 is 15.9 Å². The van der Waals surface area contributed by atoms with Crippen LogP contribution in [-0.2, 0) is 6.54 Å². The van der Waals surface area contributed by atoms with Crippen molar-refractivity contribution >= 4 is 15.9 Å². The molecule has 108 valence electrons. The molecule has 0 heterocycles. The Labute approximate surface area is 125 Å². The van der Waals surface area contributed by atoms with Crippen molar-refractivity contribution in [2.75, 3.05) is 27.2 Å². The fraction of sp³-hybridized carbons (Fsp3) is 0.600. The quantitative estimate of drug-likeness (QED) is 0.835. The van der Waals surface area contributed by atoms with Crippen molar-refractivity contribution in [3.8, 4) is 5.75 Å². The molecule has 0 aliphatic rings. The Bertz CT molecular complexity index is 396. The summed E-state index contributed by atoms with van der Waals surface area (Å²) in [7, 11) is 3.82. The molecule has 1 rings (SSSR count). The summed E-state index contributed by atoms with van der Waals surface area (Å²) in [5.41, 5.74) is 7.10. The van der Waals surface area contributed by atoms with Crippen molar-refractivity contribution in [3.05, 3.63) is 28.2 Å². The van der Waals surface area contributed by atoms with Gasteiger partial charge in [0.05, 0.1) is 11.6 Å². The number of rotatable bonds is 7. The maximum absolute atomic E-state index is 5.83. The van der Waals surface area contributed by atoms with Gasteiger partial charge < -0.3 is 15.4 Å². The molecular formula is C15H25BrN2O. The predicted octanol–water partition coefficient (Wildman–Crippen LogP) is 3.12. The second-order valence-electron chi connectivity index (χ2n) is 5.41. The van der Waals surface area contributed by atoms with Crippen LogP contribution in [0.5, 0.6) is 5.75 Å². The highest BCUT2D eigenvalue weighted by atomic mass is 79.9. The number of benzene rings is 1. The van der Waals surface area contributed by atoms with Gasteiger partial charge >= 0.3 is 0 Å². The average molecular weight is 329 g/mol. The monoisotopic (exact) mass is 328 g/mol. The summed E-state index contributed by atoms with van der Waals surface area (Å²) in [6.45, 7) is 7.16. The molecule has 1 atom stereocenters. The van der Waals surface area contributed by atoms with E-state index in [9.17, 15) is 0 Å². The standard InChI is InChI=1S/C15H25BrN2O/c1-11(2)13(8-17)10-18(3)9-12-5-6-15(19-4)14(16)7-12/h5-7,11,13H,8-10,17H2,1-4H3. The van der Waals surface area contributed by atoms with Crippen molar-refractivity contribution in [1.82, 2.24) is 4.90 Å². The summed E-state index contributed by atoms with van der Waals surface area (Å²) in [5, 5.41) is 0. The van der Waals surface area contributed by atoms with E-state index in [1.807, 2.05) is 6.07 Å². The van der Waals surface area contributed by atoms with E-state index in [1.165, 1.54) is 5.56 Å². The van der Waals surface area contributed by atoms with Gasteiger partial charge in [0.1, 0.15) is 5.75 Å². The first-order chi connectivity index (χ1) is 8.97. The van der Waals surface area contributed by atoms with Gasteiger partial charge in [-0.3, -0.25) is 0 Å². The topological polar surface area (TPSA) is 38.5 Å². The molecular weight excluding hydrogens is 304 g/mol. The molecule has 3 nitrogen and oxygen atoms in total. The van der Waals surface area contributed by atoms with Crippen molar-refractivity contribution in [2.45, 2.75) is 20.4 Å². The Morgan fingerprint density at radius 3 is 2.53 bits per heavy atom. The number of nitrogens with two attached hydrogens (primary N) is 1. The fourth-order valence-corrected chi connectivity index (χ4v) is 2.73. The van der Waals surface area contributed by atoms with Gasteiger partial charge in [-0.05, 0) is 59.1 Å². The van der Waals surface area contributed by atoms with Crippen LogP contribution in [0.2, 0.25) is 0 Å². The molecule has 0 fully saturated rings. The van der Waals surface area contributed by atoms with E-state index in [4.69, 9.17) is 10.5 Å². The lowest BCUT2D eigenvalue weighted by Crippen LogP contribution is -2.32. The van der Waals surface area contributed by atoms with E-state index in [-0.39, 0.29) is 0 Å². The summed E-state index contributed by atoms with van der Waals surface area (Å²) in [5.74, 6) is 2.04. The highest BCUT2D eigenvalue weighted by Crippen LogP contribution is 2.26. The first-order valence-electron chi connectivity index (χ1n) is 6.69. The van der Waals surface area contributed by atoms with Crippen molar-refractivity contribution in [1.29, 1.82) is 0 Å². The molecule has 1 unspecified atom stereocenters. The third-order valence-electron chi connectivity index (χ3n) is 3.46. The first kappa shape index (κ1) is 16.5. The summed E-state index contributed by atoms with van der Waals surface area (Å²) < 4.78 is 6.24. The molecule has 0 bridgehead atoms. The third-order valence-corrected chi connectivity index (χ3v) is 4.08. The fourth-order valence-electron chi connectivity index (χ4n) is 2.14. The molecule has 0 amide bonds. The van der Waals surface area contributed by atoms with Gasteiger partial charge in [-0.25, -0.2) is 0 Å². The number of halogens is 1. The predicted molar refractivity (Wildman–Crippen MR) is 84.4 cm³/mol. The molecule has 19 heavy (non-hydrogen) atoms. The highest BCUT2D eigenvalue weighted by Gasteiger charge is 2.14. The number of hydrogen-bond donors (Lipinski definition) is 1. The average Bonchev–Trinajstić information content (AvgIpc) is 2.35. The molecule has 0 spiro atoms. The lowest BCUT2D eigenvalue weighted by Gasteiger charge is -2.25. The molecule has 0 aliphatic heterocycles. The van der Waals surface area contributed by atoms with Crippen LogP contribution in [0.4, 0.5) is 0 Å². The largest absolute Gasteiger partial charge is 0.496 e. The van der Waals surface area contributed by atoms with E-state index in [1.54, 1.807) is 7.11 Å². The molecule has 0 saturated carbocycles. The van der Waals surface area contributed by atoms with Crippen LogP contribution in [0.3, 0.4) is 0 Å². The minimum atomic E-state index is 0.548. The smallest absolute Gasteiger partial charge is 0.133 e. The first-order valence-corrected chi connectivity index (χ1v) is 7.48. The Balaban J connectivity index is 2.61. The van der Waals surface area contributed by atoms with Crippen molar-refractivity contribution < 1.29 is 4.74 Å². The van der Waals surface area contributed by atoms with Gasteiger partial charge in [-0.15, -0.1) is 0 Å². The van der Waals surface area contributed by atoms with Gasteiger partial charge in [-0.2, -0.15) is 0 Å². The molecule has 0 saturated heterocycles. The van der Waals surface area contributed by atoms with Crippen LogP contribution < -0.4 is 10.5 Å². The molecule has 1 aromatic carbocycles. The van der Waals surface area contributed by atoms with Crippen molar-refractivity contribution in [3.63, 3.8) is 0 Å². The van der Waals surface area contributed by atoms with Gasteiger partial charge in [0.2, 0.25) is 0 Å². The summed E-state index contributed by atoms with van der Waals surface area (Å²) >= 11 is 3.52. The lowest BCUT2D eigenvalue weighted by atomic mass is 9.95. The van der Waals surface area contributed by atoms with Gasteiger partial charge in [-0.1, -0.05) is 19.9 Å². The van der Waals surface area contributed by atoms with Gasteiger partial charge in [0.15, 0.2) is 0 Å². The molecule has 0 radical (unpaired) electrons. The maximum atomic E-state index is 5.83. The van der Waals surface area contributed by atoms with Gasteiger partial charge in [0.25, 0.3) is 0 Å². The molecule has 1 aromatic rings. The van der Waals surface area contributed by atoms with Crippen LogP contribution in [0.1, 0.15) is 19.4 Å². The zero-order chi connectivity index (χ0) is 14.4. The SMILES string of the molecule is COc1ccc(CN(C)CC(CN)C(C)C)cc1Br.